The Morgan fingerprint density at radius 1 is 1.08 bits per heavy atom. The first-order chi connectivity index (χ1) is 18.4. The molecular formula is C25H30N4O7S3. The highest BCUT2D eigenvalue weighted by atomic mass is 32.2. The number of thiazole rings is 1. The Kier molecular flexibility index (Phi) is 8.71. The normalized spacial score (nSPS) is 17.4. The van der Waals surface area contributed by atoms with Crippen LogP contribution in [0.1, 0.15) is 49.9 Å². The van der Waals surface area contributed by atoms with Crippen molar-refractivity contribution in [2.45, 2.75) is 61.9 Å². The number of ether oxygens (including phenoxy) is 1. The summed E-state index contributed by atoms with van der Waals surface area (Å²) < 4.78 is 58.5. The number of primary sulfonamides is 1. The minimum absolute atomic E-state index is 0.0134. The summed E-state index contributed by atoms with van der Waals surface area (Å²) in [5.74, 6) is -1.05. The number of piperidine rings is 1. The number of amides is 1. The highest BCUT2D eigenvalue weighted by molar-refractivity contribution is 7.89. The van der Waals surface area contributed by atoms with Crippen LogP contribution in [0.15, 0.2) is 57.2 Å². The number of hydrogen-bond donors (Lipinski definition) is 1. The van der Waals surface area contributed by atoms with E-state index >= 15 is 0 Å². The number of hydrogen-bond acceptors (Lipinski definition) is 8. The average molecular weight is 595 g/mol. The third kappa shape index (κ3) is 6.47. The van der Waals surface area contributed by atoms with Gasteiger partial charge in [-0.25, -0.2) is 22.0 Å². The lowest BCUT2D eigenvalue weighted by molar-refractivity contribution is -0.143. The molecule has 1 aliphatic heterocycles. The van der Waals surface area contributed by atoms with E-state index in [1.807, 2.05) is 6.92 Å². The van der Waals surface area contributed by atoms with Crippen molar-refractivity contribution in [3.8, 4) is 0 Å². The Morgan fingerprint density at radius 2 is 1.77 bits per heavy atom. The smallest absolute Gasteiger partial charge is 0.307 e. The highest BCUT2D eigenvalue weighted by Crippen LogP contribution is 2.26. The summed E-state index contributed by atoms with van der Waals surface area (Å²) >= 11 is 1.07. The van der Waals surface area contributed by atoms with Gasteiger partial charge in [0.25, 0.3) is 5.91 Å². The molecule has 1 atom stereocenters. The first-order valence-electron chi connectivity index (χ1n) is 12.4. The molecule has 0 radical (unpaired) electrons. The molecule has 1 aliphatic rings. The van der Waals surface area contributed by atoms with Crippen LogP contribution in [0, 0.1) is 0 Å². The van der Waals surface area contributed by atoms with Crippen LogP contribution in [0.5, 0.6) is 0 Å². The number of sulfonamides is 2. The summed E-state index contributed by atoms with van der Waals surface area (Å²) in [5, 5.41) is 5.26. The Hall–Kier alpha value is -2.91. The van der Waals surface area contributed by atoms with E-state index in [9.17, 15) is 26.4 Å². The number of rotatable bonds is 8. The van der Waals surface area contributed by atoms with Gasteiger partial charge < -0.3 is 9.30 Å². The van der Waals surface area contributed by atoms with Crippen molar-refractivity contribution in [3.05, 3.63) is 52.8 Å². The van der Waals surface area contributed by atoms with Crippen LogP contribution in [0.3, 0.4) is 0 Å². The zero-order valence-corrected chi connectivity index (χ0v) is 24.0. The number of nitrogens with zero attached hydrogens (tertiary/aromatic N) is 3. The van der Waals surface area contributed by atoms with Gasteiger partial charge in [0.2, 0.25) is 20.0 Å². The summed E-state index contributed by atoms with van der Waals surface area (Å²) in [6.07, 6.45) is 2.62. The molecule has 0 spiro atoms. The number of carbonyl (C=O) groups excluding carboxylic acids is 2. The number of aryl methyl sites for hydroxylation is 1. The second kappa shape index (κ2) is 11.7. The standard InChI is InChI=1S/C25H30N4O7S3/c1-3-36-23(30)13-15-28-21-12-11-20(38(26,32)33)16-22(21)37-25(28)27-24(31)18-7-9-19(10-8-18)39(34,35)29-14-5-4-6-17(29)2/h7-12,16-17H,3-6,13-15H2,1-2H3,(H2,26,32,33). The Balaban J connectivity index is 1.68. The molecule has 14 heteroatoms. The van der Waals surface area contributed by atoms with E-state index in [0.29, 0.717) is 16.8 Å². The monoisotopic (exact) mass is 594 g/mol. The quantitative estimate of drug-likeness (QED) is 0.393. The molecule has 2 N–H and O–H groups in total. The van der Waals surface area contributed by atoms with Crippen molar-refractivity contribution in [1.29, 1.82) is 0 Å². The largest absolute Gasteiger partial charge is 0.466 e. The minimum atomic E-state index is -3.95. The Morgan fingerprint density at radius 3 is 2.41 bits per heavy atom. The van der Waals surface area contributed by atoms with Crippen molar-refractivity contribution in [1.82, 2.24) is 8.87 Å². The molecule has 0 saturated carbocycles. The van der Waals surface area contributed by atoms with Crippen molar-refractivity contribution in [2.75, 3.05) is 13.2 Å². The van der Waals surface area contributed by atoms with Crippen LogP contribution in [0.2, 0.25) is 0 Å². The SMILES string of the molecule is CCOC(=O)CCn1c(=NC(=O)c2ccc(S(=O)(=O)N3CCCCC3C)cc2)sc2cc(S(N)(=O)=O)ccc21. The van der Waals surface area contributed by atoms with Gasteiger partial charge in [-0.3, -0.25) is 9.59 Å². The second-order valence-corrected chi connectivity index (χ2v) is 13.6. The Labute approximate surface area is 231 Å². The molecule has 1 unspecified atom stereocenters. The molecule has 11 nitrogen and oxygen atoms in total. The van der Waals surface area contributed by atoms with Gasteiger partial charge in [-0.2, -0.15) is 9.30 Å². The van der Waals surface area contributed by atoms with E-state index in [4.69, 9.17) is 9.88 Å². The first kappa shape index (κ1) is 29.1. The number of esters is 1. The maximum absolute atomic E-state index is 13.1. The van der Waals surface area contributed by atoms with Gasteiger partial charge in [0, 0.05) is 24.7 Å². The molecule has 0 aliphatic carbocycles. The van der Waals surface area contributed by atoms with Crippen molar-refractivity contribution in [2.24, 2.45) is 10.1 Å². The zero-order chi connectivity index (χ0) is 28.4. The maximum Gasteiger partial charge on any atom is 0.307 e. The van der Waals surface area contributed by atoms with Gasteiger partial charge in [-0.1, -0.05) is 17.8 Å². The second-order valence-electron chi connectivity index (χ2n) is 9.17. The molecule has 210 valence electrons. The molecule has 1 aromatic heterocycles. The van der Waals surface area contributed by atoms with Crippen molar-refractivity contribution < 1.29 is 31.2 Å². The Bertz CT molecular complexity index is 1670. The summed E-state index contributed by atoms with van der Waals surface area (Å²) in [4.78, 5) is 29.5. The molecule has 1 saturated heterocycles. The van der Waals surface area contributed by atoms with E-state index in [-0.39, 0.29) is 45.8 Å². The summed E-state index contributed by atoms with van der Waals surface area (Å²) in [6.45, 7) is 4.42. The lowest BCUT2D eigenvalue weighted by Gasteiger charge is -2.32. The van der Waals surface area contributed by atoms with Gasteiger partial charge in [-0.15, -0.1) is 0 Å². The van der Waals surface area contributed by atoms with Crippen molar-refractivity contribution >= 4 is 53.5 Å². The first-order valence-corrected chi connectivity index (χ1v) is 16.2. The number of carbonyl (C=O) groups is 2. The molecule has 3 aromatic rings. The third-order valence-electron chi connectivity index (χ3n) is 6.47. The number of benzene rings is 2. The van der Waals surface area contributed by atoms with Crippen LogP contribution >= 0.6 is 11.3 Å². The van der Waals surface area contributed by atoms with Gasteiger partial charge in [0.15, 0.2) is 4.80 Å². The summed E-state index contributed by atoms with van der Waals surface area (Å²) in [5.41, 5.74) is 0.751. The van der Waals surface area contributed by atoms with Crippen LogP contribution in [0.25, 0.3) is 10.2 Å². The van der Waals surface area contributed by atoms with E-state index in [1.54, 1.807) is 17.6 Å². The van der Waals surface area contributed by atoms with Crippen LogP contribution < -0.4 is 9.94 Å². The molecule has 1 fully saturated rings. The van der Waals surface area contributed by atoms with E-state index in [1.165, 1.54) is 40.7 Å². The van der Waals surface area contributed by atoms with Gasteiger partial charge in [-0.05, 0) is 69.2 Å². The lowest BCUT2D eigenvalue weighted by atomic mass is 10.1. The van der Waals surface area contributed by atoms with E-state index in [0.717, 1.165) is 30.6 Å². The number of fused-ring (bicyclic) bond motifs is 1. The van der Waals surface area contributed by atoms with E-state index < -0.39 is 31.9 Å². The van der Waals surface area contributed by atoms with Crippen molar-refractivity contribution in [3.63, 3.8) is 0 Å². The molecule has 39 heavy (non-hydrogen) atoms. The fraction of sp³-hybridized carbons (Fsp3) is 0.400. The molecule has 2 aromatic carbocycles. The molecule has 1 amide bonds. The fourth-order valence-corrected chi connectivity index (χ4v) is 7.86. The van der Waals surface area contributed by atoms with Crippen LogP contribution in [-0.2, 0) is 36.1 Å². The summed E-state index contributed by atoms with van der Waals surface area (Å²) in [7, 11) is -7.64. The van der Waals surface area contributed by atoms with Crippen LogP contribution in [-0.4, -0.2) is 56.8 Å². The summed E-state index contributed by atoms with van der Waals surface area (Å²) in [6, 6.07) is 9.83. The third-order valence-corrected chi connectivity index (χ3v) is 10.5. The fourth-order valence-electron chi connectivity index (χ4n) is 4.45. The zero-order valence-electron chi connectivity index (χ0n) is 21.6. The molecule has 4 rings (SSSR count). The van der Waals surface area contributed by atoms with Gasteiger partial charge in [0.05, 0.1) is 33.0 Å². The molecule has 2 heterocycles. The number of aromatic nitrogens is 1. The topological polar surface area (TPSA) is 158 Å². The molecule has 0 bridgehead atoms. The minimum Gasteiger partial charge on any atom is -0.466 e. The van der Waals surface area contributed by atoms with Crippen LogP contribution in [0.4, 0.5) is 0 Å². The predicted octanol–water partition coefficient (Wildman–Crippen LogP) is 2.61. The number of nitrogens with two attached hydrogens (primary N) is 1. The van der Waals surface area contributed by atoms with E-state index in [2.05, 4.69) is 4.99 Å². The average Bonchev–Trinajstić information content (AvgIpc) is 3.23. The molecular weight excluding hydrogens is 564 g/mol. The van der Waals surface area contributed by atoms with Gasteiger partial charge in [0.1, 0.15) is 0 Å². The highest BCUT2D eigenvalue weighted by Gasteiger charge is 2.31. The predicted molar refractivity (Wildman–Crippen MR) is 146 cm³/mol. The maximum atomic E-state index is 13.1. The lowest BCUT2D eigenvalue weighted by Crippen LogP contribution is -2.41. The van der Waals surface area contributed by atoms with Gasteiger partial charge >= 0.3 is 5.97 Å².